The molecular weight excluding hydrogens is 268 g/mol. The van der Waals surface area contributed by atoms with E-state index in [1.807, 2.05) is 11.8 Å². The van der Waals surface area contributed by atoms with E-state index in [9.17, 15) is 9.59 Å². The van der Waals surface area contributed by atoms with Gasteiger partial charge in [-0.15, -0.1) is 0 Å². The van der Waals surface area contributed by atoms with Crippen LogP contribution in [0.4, 0.5) is 0 Å². The SMILES string of the molecule is CC(C(=O)NC(C(N)=O)N1CCCCC1)N1CCCCC1. The topological polar surface area (TPSA) is 78.7 Å². The van der Waals surface area contributed by atoms with Crippen molar-refractivity contribution in [2.24, 2.45) is 5.73 Å². The molecule has 6 heteroatoms. The van der Waals surface area contributed by atoms with E-state index in [4.69, 9.17) is 5.73 Å². The van der Waals surface area contributed by atoms with E-state index in [-0.39, 0.29) is 11.9 Å². The predicted octanol–water partition coefficient (Wildman–Crippen LogP) is 0.274. The zero-order valence-electron chi connectivity index (χ0n) is 13.0. The van der Waals surface area contributed by atoms with Gasteiger partial charge in [0.15, 0.2) is 6.17 Å². The Morgan fingerprint density at radius 2 is 1.38 bits per heavy atom. The predicted molar refractivity (Wildman–Crippen MR) is 81.4 cm³/mol. The first-order chi connectivity index (χ1) is 10.1. The van der Waals surface area contributed by atoms with Gasteiger partial charge in [0.05, 0.1) is 6.04 Å². The van der Waals surface area contributed by atoms with Crippen molar-refractivity contribution in [1.29, 1.82) is 0 Å². The number of hydrogen-bond donors (Lipinski definition) is 2. The number of nitrogens with two attached hydrogens (primary N) is 1. The number of amides is 2. The van der Waals surface area contributed by atoms with Crippen molar-refractivity contribution < 1.29 is 9.59 Å². The van der Waals surface area contributed by atoms with E-state index >= 15 is 0 Å². The van der Waals surface area contributed by atoms with Crippen LogP contribution in [0.3, 0.4) is 0 Å². The number of primary amides is 1. The highest BCUT2D eigenvalue weighted by Crippen LogP contribution is 2.14. The summed E-state index contributed by atoms with van der Waals surface area (Å²) >= 11 is 0. The molecule has 2 aliphatic heterocycles. The van der Waals surface area contributed by atoms with Crippen molar-refractivity contribution in [3.63, 3.8) is 0 Å². The number of carbonyl (C=O) groups excluding carboxylic acids is 2. The van der Waals surface area contributed by atoms with E-state index in [1.165, 1.54) is 12.8 Å². The molecule has 0 bridgehead atoms. The van der Waals surface area contributed by atoms with Gasteiger partial charge in [0.1, 0.15) is 0 Å². The number of carbonyl (C=O) groups is 2. The molecule has 0 saturated carbocycles. The number of rotatable bonds is 5. The second kappa shape index (κ2) is 7.75. The molecule has 0 radical (unpaired) electrons. The first-order valence-corrected chi connectivity index (χ1v) is 8.17. The van der Waals surface area contributed by atoms with Crippen LogP contribution in [-0.2, 0) is 9.59 Å². The van der Waals surface area contributed by atoms with Gasteiger partial charge in [-0.05, 0) is 45.7 Å². The molecule has 6 nitrogen and oxygen atoms in total. The van der Waals surface area contributed by atoms with E-state index in [2.05, 4.69) is 10.2 Å². The molecule has 0 aliphatic carbocycles. The molecule has 2 saturated heterocycles. The third kappa shape index (κ3) is 4.41. The van der Waals surface area contributed by atoms with Crippen molar-refractivity contribution in [1.82, 2.24) is 15.1 Å². The minimum absolute atomic E-state index is 0.0914. The molecule has 3 N–H and O–H groups in total. The molecular formula is C15H28N4O2. The van der Waals surface area contributed by atoms with Crippen LogP contribution in [0.25, 0.3) is 0 Å². The first kappa shape index (κ1) is 16.2. The Morgan fingerprint density at radius 3 is 1.86 bits per heavy atom. The molecule has 2 rings (SSSR count). The number of nitrogens with zero attached hydrogens (tertiary/aromatic N) is 2. The van der Waals surface area contributed by atoms with Crippen LogP contribution in [0.2, 0.25) is 0 Å². The van der Waals surface area contributed by atoms with Crippen molar-refractivity contribution in [3.05, 3.63) is 0 Å². The molecule has 0 aromatic carbocycles. The minimum Gasteiger partial charge on any atom is -0.367 e. The van der Waals surface area contributed by atoms with Gasteiger partial charge >= 0.3 is 0 Å². The fourth-order valence-electron chi connectivity index (χ4n) is 3.25. The van der Waals surface area contributed by atoms with Gasteiger partial charge in [0.25, 0.3) is 5.91 Å². The van der Waals surface area contributed by atoms with Gasteiger partial charge in [-0.2, -0.15) is 0 Å². The van der Waals surface area contributed by atoms with Crippen molar-refractivity contribution in [2.75, 3.05) is 26.2 Å². The fourth-order valence-corrected chi connectivity index (χ4v) is 3.25. The lowest BCUT2D eigenvalue weighted by Crippen LogP contribution is -2.60. The number of piperidine rings is 2. The molecule has 0 aromatic rings. The third-order valence-electron chi connectivity index (χ3n) is 4.62. The van der Waals surface area contributed by atoms with Gasteiger partial charge in [-0.3, -0.25) is 19.4 Å². The first-order valence-electron chi connectivity index (χ1n) is 8.17. The summed E-state index contributed by atoms with van der Waals surface area (Å²) in [6.45, 7) is 5.48. The molecule has 120 valence electrons. The summed E-state index contributed by atoms with van der Waals surface area (Å²) in [6, 6.07) is -0.197. The molecule has 2 aliphatic rings. The van der Waals surface area contributed by atoms with Crippen molar-refractivity contribution >= 4 is 11.8 Å². The standard InChI is InChI=1S/C15H28N4O2/c1-12(18-8-4-2-5-9-18)15(21)17-14(13(16)20)19-10-6-3-7-11-19/h12,14H,2-11H2,1H3,(H2,16,20)(H,17,21). The van der Waals surface area contributed by atoms with Gasteiger partial charge in [-0.1, -0.05) is 12.8 Å². The minimum atomic E-state index is -0.662. The maximum Gasteiger partial charge on any atom is 0.255 e. The fraction of sp³-hybridized carbons (Fsp3) is 0.867. The smallest absolute Gasteiger partial charge is 0.255 e. The largest absolute Gasteiger partial charge is 0.367 e. The Hall–Kier alpha value is -1.14. The van der Waals surface area contributed by atoms with Gasteiger partial charge in [0, 0.05) is 13.1 Å². The van der Waals surface area contributed by atoms with Crippen LogP contribution in [0.15, 0.2) is 0 Å². The molecule has 2 fully saturated rings. The van der Waals surface area contributed by atoms with Crippen LogP contribution < -0.4 is 11.1 Å². The molecule has 2 unspecified atom stereocenters. The lowest BCUT2D eigenvalue weighted by molar-refractivity contribution is -0.134. The molecule has 0 aromatic heterocycles. The van der Waals surface area contributed by atoms with Crippen LogP contribution >= 0.6 is 0 Å². The molecule has 2 heterocycles. The molecule has 2 atom stereocenters. The van der Waals surface area contributed by atoms with E-state index in [1.54, 1.807) is 0 Å². The highest BCUT2D eigenvalue weighted by Gasteiger charge is 2.30. The van der Waals surface area contributed by atoms with E-state index in [0.29, 0.717) is 0 Å². The van der Waals surface area contributed by atoms with Crippen LogP contribution in [-0.4, -0.2) is 60.0 Å². The van der Waals surface area contributed by atoms with Gasteiger partial charge in [-0.25, -0.2) is 0 Å². The van der Waals surface area contributed by atoms with Gasteiger partial charge in [0.2, 0.25) is 5.91 Å². The monoisotopic (exact) mass is 296 g/mol. The Kier molecular flexibility index (Phi) is 5.99. The molecule has 0 spiro atoms. The Balaban J connectivity index is 1.92. The summed E-state index contributed by atoms with van der Waals surface area (Å²) in [4.78, 5) is 28.3. The van der Waals surface area contributed by atoms with Crippen molar-refractivity contribution in [2.45, 2.75) is 57.7 Å². The zero-order valence-corrected chi connectivity index (χ0v) is 13.0. The van der Waals surface area contributed by atoms with Crippen LogP contribution in [0.1, 0.15) is 45.4 Å². The maximum absolute atomic E-state index is 12.4. The normalized spacial score (nSPS) is 24.2. The number of likely N-dealkylation sites (tertiary alicyclic amines) is 2. The molecule has 2 amide bonds. The number of nitrogens with one attached hydrogen (secondary N) is 1. The highest BCUT2D eigenvalue weighted by atomic mass is 16.2. The van der Waals surface area contributed by atoms with Crippen LogP contribution in [0.5, 0.6) is 0 Å². The summed E-state index contributed by atoms with van der Waals surface area (Å²) < 4.78 is 0. The third-order valence-corrected chi connectivity index (χ3v) is 4.62. The zero-order chi connectivity index (χ0) is 15.2. The summed E-state index contributed by atoms with van der Waals surface area (Å²) in [5.74, 6) is -0.553. The summed E-state index contributed by atoms with van der Waals surface area (Å²) in [6.07, 6.45) is 6.15. The van der Waals surface area contributed by atoms with Crippen LogP contribution in [0, 0.1) is 0 Å². The average molecular weight is 296 g/mol. The Labute approximate surface area is 127 Å². The lowest BCUT2D eigenvalue weighted by Gasteiger charge is -2.36. The number of hydrogen-bond acceptors (Lipinski definition) is 4. The lowest BCUT2D eigenvalue weighted by atomic mass is 10.1. The average Bonchev–Trinajstić information content (AvgIpc) is 2.53. The highest BCUT2D eigenvalue weighted by molar-refractivity contribution is 5.88. The summed E-state index contributed by atoms with van der Waals surface area (Å²) in [5.41, 5.74) is 5.49. The quantitative estimate of drug-likeness (QED) is 0.763. The maximum atomic E-state index is 12.4. The van der Waals surface area contributed by atoms with Gasteiger partial charge < -0.3 is 11.1 Å². The Morgan fingerprint density at radius 1 is 0.905 bits per heavy atom. The second-order valence-corrected chi connectivity index (χ2v) is 6.18. The van der Waals surface area contributed by atoms with Crippen molar-refractivity contribution in [3.8, 4) is 0 Å². The second-order valence-electron chi connectivity index (χ2n) is 6.18. The summed E-state index contributed by atoms with van der Waals surface area (Å²) in [7, 11) is 0. The summed E-state index contributed by atoms with van der Waals surface area (Å²) in [5, 5.41) is 2.85. The Bertz CT molecular complexity index is 363. The van der Waals surface area contributed by atoms with E-state index in [0.717, 1.165) is 51.9 Å². The van der Waals surface area contributed by atoms with E-state index < -0.39 is 12.1 Å². The molecule has 21 heavy (non-hydrogen) atoms.